The Bertz CT molecular complexity index is 731. The SMILES string of the molecule is Cc1nccn1-c1ccnc(C(=O)NC[C@H]2CCNCC2(F)F)c1. The van der Waals surface area contributed by atoms with Crippen LogP contribution in [0.4, 0.5) is 8.78 Å². The fourth-order valence-corrected chi connectivity index (χ4v) is 2.79. The number of amides is 1. The summed E-state index contributed by atoms with van der Waals surface area (Å²) >= 11 is 0. The molecule has 2 N–H and O–H groups in total. The number of aromatic nitrogens is 3. The summed E-state index contributed by atoms with van der Waals surface area (Å²) < 4.78 is 29.4. The molecule has 1 amide bonds. The first-order valence-corrected chi connectivity index (χ1v) is 7.80. The third-order valence-corrected chi connectivity index (χ3v) is 4.22. The lowest BCUT2D eigenvalue weighted by atomic mass is 9.94. The third-order valence-electron chi connectivity index (χ3n) is 4.22. The number of pyridine rings is 1. The molecule has 1 aliphatic heterocycles. The molecule has 0 spiro atoms. The highest BCUT2D eigenvalue weighted by atomic mass is 19.3. The van der Waals surface area contributed by atoms with Gasteiger partial charge in [0.15, 0.2) is 0 Å². The first-order valence-electron chi connectivity index (χ1n) is 7.80. The molecule has 0 aromatic carbocycles. The fourth-order valence-electron chi connectivity index (χ4n) is 2.79. The maximum absolute atomic E-state index is 13.8. The van der Waals surface area contributed by atoms with Crippen LogP contribution >= 0.6 is 0 Å². The number of carbonyl (C=O) groups is 1. The number of halogens is 2. The van der Waals surface area contributed by atoms with Crippen LogP contribution in [-0.4, -0.2) is 46.0 Å². The molecule has 0 radical (unpaired) electrons. The second-order valence-corrected chi connectivity index (χ2v) is 5.88. The minimum Gasteiger partial charge on any atom is -0.350 e. The predicted octanol–water partition coefficient (Wildman–Crippen LogP) is 1.55. The summed E-state index contributed by atoms with van der Waals surface area (Å²) in [5.74, 6) is -3.35. The number of imidazole rings is 1. The second kappa shape index (κ2) is 6.64. The minimum atomic E-state index is -2.81. The molecule has 24 heavy (non-hydrogen) atoms. The molecule has 0 saturated carbocycles. The smallest absolute Gasteiger partial charge is 0.269 e. The van der Waals surface area contributed by atoms with Crippen molar-refractivity contribution >= 4 is 5.91 Å². The quantitative estimate of drug-likeness (QED) is 0.889. The van der Waals surface area contributed by atoms with Crippen LogP contribution in [0.15, 0.2) is 30.7 Å². The average molecular weight is 335 g/mol. The van der Waals surface area contributed by atoms with Gasteiger partial charge in [-0.15, -0.1) is 0 Å². The average Bonchev–Trinajstić information content (AvgIpc) is 2.99. The van der Waals surface area contributed by atoms with E-state index in [1.807, 2.05) is 11.5 Å². The van der Waals surface area contributed by atoms with Crippen molar-refractivity contribution in [1.29, 1.82) is 0 Å². The van der Waals surface area contributed by atoms with E-state index in [1.54, 1.807) is 24.5 Å². The Morgan fingerprint density at radius 2 is 2.29 bits per heavy atom. The minimum absolute atomic E-state index is 0.0659. The largest absolute Gasteiger partial charge is 0.350 e. The maximum atomic E-state index is 13.8. The summed E-state index contributed by atoms with van der Waals surface area (Å²) in [6.07, 6.45) is 5.29. The number of piperidine rings is 1. The lowest BCUT2D eigenvalue weighted by Crippen LogP contribution is -2.50. The Labute approximate surface area is 138 Å². The zero-order valence-corrected chi connectivity index (χ0v) is 13.3. The molecule has 128 valence electrons. The molecule has 0 aliphatic carbocycles. The molecule has 3 rings (SSSR count). The summed E-state index contributed by atoms with van der Waals surface area (Å²) in [6.45, 7) is 1.97. The van der Waals surface area contributed by atoms with Crippen LogP contribution in [0.5, 0.6) is 0 Å². The van der Waals surface area contributed by atoms with Crippen LogP contribution in [0.1, 0.15) is 22.7 Å². The number of carbonyl (C=O) groups excluding carboxylic acids is 1. The zero-order chi connectivity index (χ0) is 17.2. The van der Waals surface area contributed by atoms with Gasteiger partial charge in [0, 0.05) is 31.1 Å². The van der Waals surface area contributed by atoms with Crippen LogP contribution in [0.25, 0.3) is 5.69 Å². The van der Waals surface area contributed by atoms with Crippen LogP contribution < -0.4 is 10.6 Å². The highest BCUT2D eigenvalue weighted by molar-refractivity contribution is 5.92. The molecule has 6 nitrogen and oxygen atoms in total. The van der Waals surface area contributed by atoms with Gasteiger partial charge in [-0.05, 0) is 32.0 Å². The lowest BCUT2D eigenvalue weighted by Gasteiger charge is -2.31. The summed E-state index contributed by atoms with van der Waals surface area (Å²) in [7, 11) is 0. The van der Waals surface area contributed by atoms with E-state index in [-0.39, 0.29) is 18.8 Å². The topological polar surface area (TPSA) is 71.8 Å². The Morgan fingerprint density at radius 1 is 1.46 bits per heavy atom. The van der Waals surface area contributed by atoms with Crippen LogP contribution in [-0.2, 0) is 0 Å². The first-order chi connectivity index (χ1) is 11.5. The van der Waals surface area contributed by atoms with Crippen molar-refractivity contribution in [3.05, 3.63) is 42.2 Å². The third kappa shape index (κ3) is 3.43. The van der Waals surface area contributed by atoms with Gasteiger partial charge in [-0.25, -0.2) is 13.8 Å². The van der Waals surface area contributed by atoms with Crippen molar-refractivity contribution in [1.82, 2.24) is 25.2 Å². The standard InChI is InChI=1S/C16H19F2N5O/c1-11-20-6-7-23(11)13-3-5-21-14(8-13)15(24)22-9-12-2-4-19-10-16(12,17)18/h3,5-8,12,19H,2,4,9-10H2,1H3,(H,22,24)/t12-/m1/s1. The van der Waals surface area contributed by atoms with Gasteiger partial charge in [-0.1, -0.05) is 0 Å². The number of nitrogens with one attached hydrogen (secondary N) is 2. The van der Waals surface area contributed by atoms with E-state index in [9.17, 15) is 13.6 Å². The van der Waals surface area contributed by atoms with E-state index in [4.69, 9.17) is 0 Å². The van der Waals surface area contributed by atoms with E-state index in [0.29, 0.717) is 13.0 Å². The van der Waals surface area contributed by atoms with E-state index >= 15 is 0 Å². The molecular formula is C16H19F2N5O. The van der Waals surface area contributed by atoms with Crippen LogP contribution in [0, 0.1) is 12.8 Å². The molecule has 2 aromatic rings. The molecule has 3 heterocycles. The van der Waals surface area contributed by atoms with Crippen molar-refractivity contribution in [2.24, 2.45) is 5.92 Å². The Hall–Kier alpha value is -2.35. The summed E-state index contributed by atoms with van der Waals surface area (Å²) in [6, 6.07) is 3.37. The van der Waals surface area contributed by atoms with Crippen LogP contribution in [0.3, 0.4) is 0 Å². The molecule has 1 saturated heterocycles. The van der Waals surface area contributed by atoms with Crippen LogP contribution in [0.2, 0.25) is 0 Å². The summed E-state index contributed by atoms with van der Waals surface area (Å²) in [5, 5.41) is 5.25. The molecule has 1 aliphatic rings. The van der Waals surface area contributed by atoms with E-state index < -0.39 is 17.7 Å². The summed E-state index contributed by atoms with van der Waals surface area (Å²) in [4.78, 5) is 20.4. The number of nitrogens with zero attached hydrogens (tertiary/aromatic N) is 3. The van der Waals surface area contributed by atoms with Crippen molar-refractivity contribution < 1.29 is 13.6 Å². The molecule has 0 bridgehead atoms. The van der Waals surface area contributed by atoms with Gasteiger partial charge in [-0.2, -0.15) is 0 Å². The molecule has 2 aromatic heterocycles. The molecule has 1 atom stereocenters. The molecule has 0 unspecified atom stereocenters. The number of alkyl halides is 2. The predicted molar refractivity (Wildman–Crippen MR) is 84.4 cm³/mol. The Balaban J connectivity index is 1.68. The second-order valence-electron chi connectivity index (χ2n) is 5.88. The van der Waals surface area contributed by atoms with Gasteiger partial charge in [0.1, 0.15) is 11.5 Å². The van der Waals surface area contributed by atoms with Crippen molar-refractivity contribution in [3.63, 3.8) is 0 Å². The van der Waals surface area contributed by atoms with E-state index in [2.05, 4.69) is 20.6 Å². The van der Waals surface area contributed by atoms with Gasteiger partial charge in [-0.3, -0.25) is 9.78 Å². The molecule has 8 heteroatoms. The number of aryl methyl sites for hydroxylation is 1. The van der Waals surface area contributed by atoms with E-state index in [1.165, 1.54) is 6.20 Å². The van der Waals surface area contributed by atoms with Crippen molar-refractivity contribution in [2.75, 3.05) is 19.6 Å². The normalized spacial score (nSPS) is 19.9. The first kappa shape index (κ1) is 16.5. The highest BCUT2D eigenvalue weighted by Crippen LogP contribution is 2.28. The van der Waals surface area contributed by atoms with Gasteiger partial charge < -0.3 is 15.2 Å². The molecular weight excluding hydrogens is 316 g/mol. The maximum Gasteiger partial charge on any atom is 0.269 e. The number of rotatable bonds is 4. The Morgan fingerprint density at radius 3 is 3.00 bits per heavy atom. The Kier molecular flexibility index (Phi) is 4.57. The van der Waals surface area contributed by atoms with Gasteiger partial charge >= 0.3 is 0 Å². The number of hydrogen-bond acceptors (Lipinski definition) is 4. The summed E-state index contributed by atoms with van der Waals surface area (Å²) in [5.41, 5.74) is 0.940. The number of hydrogen-bond donors (Lipinski definition) is 2. The monoisotopic (exact) mass is 335 g/mol. The van der Waals surface area contributed by atoms with Crippen molar-refractivity contribution in [2.45, 2.75) is 19.3 Å². The van der Waals surface area contributed by atoms with Gasteiger partial charge in [0.25, 0.3) is 11.8 Å². The fraction of sp³-hybridized carbons (Fsp3) is 0.438. The van der Waals surface area contributed by atoms with Crippen molar-refractivity contribution in [3.8, 4) is 5.69 Å². The lowest BCUT2D eigenvalue weighted by molar-refractivity contribution is -0.0712. The van der Waals surface area contributed by atoms with Gasteiger partial charge in [0.2, 0.25) is 0 Å². The van der Waals surface area contributed by atoms with Gasteiger partial charge in [0.05, 0.1) is 12.2 Å². The van der Waals surface area contributed by atoms with E-state index in [0.717, 1.165) is 11.5 Å². The molecule has 1 fully saturated rings. The highest BCUT2D eigenvalue weighted by Gasteiger charge is 2.41. The zero-order valence-electron chi connectivity index (χ0n) is 13.3.